The predicted octanol–water partition coefficient (Wildman–Crippen LogP) is 3.98. The van der Waals surface area contributed by atoms with E-state index in [0.717, 1.165) is 22.6 Å². The maximum absolute atomic E-state index is 14.4. The average molecular weight is 518 g/mol. The van der Waals surface area contributed by atoms with Crippen molar-refractivity contribution in [2.45, 2.75) is 18.4 Å². The van der Waals surface area contributed by atoms with Gasteiger partial charge in [-0.25, -0.2) is 22.1 Å². The zero-order chi connectivity index (χ0) is 22.9. The van der Waals surface area contributed by atoms with Gasteiger partial charge in [0, 0.05) is 46.0 Å². The van der Waals surface area contributed by atoms with E-state index in [9.17, 15) is 12.8 Å². The minimum absolute atomic E-state index is 0. The van der Waals surface area contributed by atoms with Crippen LogP contribution in [0.15, 0.2) is 53.2 Å². The van der Waals surface area contributed by atoms with Gasteiger partial charge in [-0.15, -0.1) is 24.8 Å². The second-order valence-electron chi connectivity index (χ2n) is 7.68. The average Bonchev–Trinajstić information content (AvgIpc) is 2.99. The molecule has 0 saturated heterocycles. The largest absolute Gasteiger partial charge is 0.363 e. The Hall–Kier alpha value is -2.17. The first-order valence-electron chi connectivity index (χ1n) is 9.82. The second-order valence-corrected chi connectivity index (χ2v) is 9.83. The van der Waals surface area contributed by atoms with Gasteiger partial charge >= 0.3 is 0 Å². The standard InChI is InChI=1S/C22H28FN5O2S.2ClH/c1-15-21(16-7-6-8-18(13-16)31(29,30)27(4)5)22-19(9-10-20(25-22)26(2)3)28(15)14-17(23)11-12-24;;/h6-11,13H,12,14,24H2,1-5H3;2*1H. The van der Waals surface area contributed by atoms with E-state index in [0.29, 0.717) is 11.1 Å². The van der Waals surface area contributed by atoms with Gasteiger partial charge in [0.1, 0.15) is 11.6 Å². The zero-order valence-corrected chi connectivity index (χ0v) is 21.7. The van der Waals surface area contributed by atoms with Crippen LogP contribution in [-0.2, 0) is 16.6 Å². The minimum atomic E-state index is -3.60. The van der Waals surface area contributed by atoms with Crippen LogP contribution in [-0.4, -0.2) is 57.0 Å². The van der Waals surface area contributed by atoms with Crippen molar-refractivity contribution in [2.24, 2.45) is 5.73 Å². The number of sulfonamides is 1. The van der Waals surface area contributed by atoms with E-state index in [4.69, 9.17) is 10.7 Å². The molecule has 2 aromatic heterocycles. The van der Waals surface area contributed by atoms with Gasteiger partial charge < -0.3 is 15.2 Å². The smallest absolute Gasteiger partial charge is 0.242 e. The van der Waals surface area contributed by atoms with Gasteiger partial charge in [0.25, 0.3) is 0 Å². The Kier molecular flexibility index (Phi) is 9.89. The maximum Gasteiger partial charge on any atom is 0.242 e. The number of pyridine rings is 1. The van der Waals surface area contributed by atoms with Crippen molar-refractivity contribution in [1.29, 1.82) is 0 Å². The number of hydrogen-bond acceptors (Lipinski definition) is 5. The Morgan fingerprint density at radius 1 is 1.15 bits per heavy atom. The number of rotatable bonds is 7. The number of halogens is 3. The molecule has 2 N–H and O–H groups in total. The minimum Gasteiger partial charge on any atom is -0.363 e. The fraction of sp³-hybridized carbons (Fsp3) is 0.318. The Bertz CT molecular complexity index is 1260. The highest BCUT2D eigenvalue weighted by Crippen LogP contribution is 2.36. The van der Waals surface area contributed by atoms with Crippen molar-refractivity contribution < 1.29 is 12.8 Å². The summed E-state index contributed by atoms with van der Waals surface area (Å²) in [6.07, 6.45) is 1.34. The van der Waals surface area contributed by atoms with Gasteiger partial charge in [-0.2, -0.15) is 0 Å². The van der Waals surface area contributed by atoms with Crippen LogP contribution in [0.5, 0.6) is 0 Å². The van der Waals surface area contributed by atoms with Crippen LogP contribution in [0.25, 0.3) is 22.2 Å². The summed E-state index contributed by atoms with van der Waals surface area (Å²) in [5, 5.41) is 0. The van der Waals surface area contributed by atoms with E-state index in [1.165, 1.54) is 24.5 Å². The summed E-state index contributed by atoms with van der Waals surface area (Å²) in [5.41, 5.74) is 9.18. The highest BCUT2D eigenvalue weighted by Gasteiger charge is 2.22. The quantitative estimate of drug-likeness (QED) is 0.512. The molecule has 0 unspecified atom stereocenters. The molecule has 0 bridgehead atoms. The molecule has 0 aliphatic rings. The molecule has 0 spiro atoms. The van der Waals surface area contributed by atoms with Crippen molar-refractivity contribution in [3.8, 4) is 11.1 Å². The maximum atomic E-state index is 14.4. The first-order chi connectivity index (χ1) is 14.6. The lowest BCUT2D eigenvalue weighted by molar-refractivity contribution is 0.521. The number of fused-ring (bicyclic) bond motifs is 1. The molecule has 0 aliphatic heterocycles. The molecule has 0 fully saturated rings. The molecule has 0 amide bonds. The summed E-state index contributed by atoms with van der Waals surface area (Å²) in [6, 6.07) is 10.5. The number of allylic oxidation sites excluding steroid dienone is 1. The van der Waals surface area contributed by atoms with E-state index in [1.54, 1.807) is 18.2 Å². The number of benzene rings is 1. The predicted molar refractivity (Wildman–Crippen MR) is 138 cm³/mol. The summed E-state index contributed by atoms with van der Waals surface area (Å²) in [7, 11) is 3.18. The molecule has 0 aliphatic carbocycles. The molecule has 2 heterocycles. The first-order valence-corrected chi connectivity index (χ1v) is 11.3. The van der Waals surface area contributed by atoms with Crippen molar-refractivity contribution in [3.63, 3.8) is 0 Å². The van der Waals surface area contributed by atoms with Crippen LogP contribution in [0.1, 0.15) is 5.69 Å². The summed E-state index contributed by atoms with van der Waals surface area (Å²) in [5.74, 6) is 0.413. The lowest BCUT2D eigenvalue weighted by Gasteiger charge is -2.13. The highest BCUT2D eigenvalue weighted by atomic mass is 35.5. The van der Waals surface area contributed by atoms with Crippen LogP contribution < -0.4 is 10.6 Å². The highest BCUT2D eigenvalue weighted by molar-refractivity contribution is 7.89. The number of nitrogens with two attached hydrogens (primary N) is 1. The monoisotopic (exact) mass is 517 g/mol. The number of anilines is 1. The molecule has 3 rings (SSSR count). The normalized spacial score (nSPS) is 11.9. The molecular formula is C22H30Cl2FN5O2S. The Balaban J connectivity index is 0.00000272. The van der Waals surface area contributed by atoms with Gasteiger partial charge in [-0.05, 0) is 42.8 Å². The summed E-state index contributed by atoms with van der Waals surface area (Å²) >= 11 is 0. The zero-order valence-electron chi connectivity index (χ0n) is 19.2. The molecule has 7 nitrogen and oxygen atoms in total. The Morgan fingerprint density at radius 3 is 2.39 bits per heavy atom. The molecular weight excluding hydrogens is 488 g/mol. The van der Waals surface area contributed by atoms with E-state index >= 15 is 0 Å². The lowest BCUT2D eigenvalue weighted by Crippen LogP contribution is -2.22. The van der Waals surface area contributed by atoms with E-state index < -0.39 is 10.0 Å². The van der Waals surface area contributed by atoms with Gasteiger partial charge in [-0.1, -0.05) is 12.1 Å². The fourth-order valence-electron chi connectivity index (χ4n) is 3.50. The van der Waals surface area contributed by atoms with E-state index in [-0.39, 0.29) is 48.6 Å². The third kappa shape index (κ3) is 5.67. The molecule has 11 heteroatoms. The molecule has 3 aromatic rings. The second kappa shape index (κ2) is 11.3. The van der Waals surface area contributed by atoms with Crippen molar-refractivity contribution in [3.05, 3.63) is 54.0 Å². The van der Waals surface area contributed by atoms with Crippen LogP contribution in [0, 0.1) is 6.92 Å². The number of aromatic nitrogens is 2. The molecule has 1 aromatic carbocycles. The Labute approximate surface area is 206 Å². The lowest BCUT2D eigenvalue weighted by atomic mass is 10.1. The van der Waals surface area contributed by atoms with Gasteiger partial charge in [0.05, 0.1) is 22.5 Å². The van der Waals surface area contributed by atoms with Crippen molar-refractivity contribution in [2.75, 3.05) is 39.6 Å². The number of hydrogen-bond donors (Lipinski definition) is 1. The molecule has 0 radical (unpaired) electrons. The number of nitrogens with zero attached hydrogens (tertiary/aromatic N) is 4. The van der Waals surface area contributed by atoms with Gasteiger partial charge in [0.15, 0.2) is 0 Å². The summed E-state index contributed by atoms with van der Waals surface area (Å²) < 4.78 is 42.7. The van der Waals surface area contributed by atoms with Crippen LogP contribution in [0.2, 0.25) is 0 Å². The van der Waals surface area contributed by atoms with Crippen molar-refractivity contribution >= 4 is 51.7 Å². The van der Waals surface area contributed by atoms with Gasteiger partial charge in [0.2, 0.25) is 10.0 Å². The summed E-state index contributed by atoms with van der Waals surface area (Å²) in [6.45, 7) is 2.03. The van der Waals surface area contributed by atoms with E-state index in [2.05, 4.69) is 0 Å². The molecule has 0 saturated carbocycles. The SMILES string of the molecule is Cc1c(-c2cccc(S(=O)(=O)N(C)C)c2)c2nc(N(C)C)ccc2n1CC(F)=CCN.Cl.Cl. The van der Waals surface area contributed by atoms with E-state index in [1.807, 2.05) is 48.7 Å². The molecule has 0 atom stereocenters. The fourth-order valence-corrected chi connectivity index (χ4v) is 4.44. The van der Waals surface area contributed by atoms with Crippen molar-refractivity contribution in [1.82, 2.24) is 13.9 Å². The molecule has 33 heavy (non-hydrogen) atoms. The topological polar surface area (TPSA) is 84.5 Å². The van der Waals surface area contributed by atoms with Gasteiger partial charge in [-0.3, -0.25) is 0 Å². The van der Waals surface area contributed by atoms with Crippen LogP contribution >= 0.6 is 24.8 Å². The van der Waals surface area contributed by atoms with Crippen LogP contribution in [0.4, 0.5) is 10.2 Å². The third-order valence-corrected chi connectivity index (χ3v) is 6.97. The van der Waals surface area contributed by atoms with Crippen LogP contribution in [0.3, 0.4) is 0 Å². The molecule has 182 valence electrons. The third-order valence-electron chi connectivity index (χ3n) is 5.16. The Morgan fingerprint density at radius 2 is 1.82 bits per heavy atom. The summed E-state index contributed by atoms with van der Waals surface area (Å²) in [4.78, 5) is 6.87. The first kappa shape index (κ1) is 28.9.